The highest BCUT2D eigenvalue weighted by atomic mass is 15.1. The van der Waals surface area contributed by atoms with Crippen LogP contribution in [0.3, 0.4) is 0 Å². The summed E-state index contributed by atoms with van der Waals surface area (Å²) in [5.74, 6) is 0.889. The number of pyridine rings is 1. The van der Waals surface area contributed by atoms with Gasteiger partial charge in [0.15, 0.2) is 0 Å². The molecule has 1 N–H and O–H groups in total. The van der Waals surface area contributed by atoms with Crippen molar-refractivity contribution in [3.05, 3.63) is 109 Å². The fourth-order valence-corrected chi connectivity index (χ4v) is 3.79. The fourth-order valence-electron chi connectivity index (χ4n) is 3.79. The van der Waals surface area contributed by atoms with E-state index < -0.39 is 0 Å². The number of aryl methyl sites for hydroxylation is 1. The van der Waals surface area contributed by atoms with Gasteiger partial charge in [-0.25, -0.2) is 4.98 Å². The first-order chi connectivity index (χ1) is 15.3. The van der Waals surface area contributed by atoms with Gasteiger partial charge < -0.3 is 5.32 Å². The Morgan fingerprint density at radius 3 is 2.35 bits per heavy atom. The van der Waals surface area contributed by atoms with Gasteiger partial charge in [0.1, 0.15) is 5.82 Å². The lowest BCUT2D eigenvalue weighted by Crippen LogP contribution is -2.02. The van der Waals surface area contributed by atoms with Crippen molar-refractivity contribution in [1.29, 1.82) is 0 Å². The molecular formula is C27H22N4. The molecule has 0 spiro atoms. The monoisotopic (exact) mass is 402 g/mol. The third-order valence-electron chi connectivity index (χ3n) is 5.45. The molecule has 0 fully saturated rings. The highest BCUT2D eigenvalue weighted by Gasteiger charge is 2.06. The Bertz CT molecular complexity index is 1330. The topological polar surface area (TPSA) is 50.7 Å². The van der Waals surface area contributed by atoms with Gasteiger partial charge in [-0.3, -0.25) is 0 Å². The van der Waals surface area contributed by atoms with Gasteiger partial charge in [0.05, 0.1) is 12.4 Å². The van der Waals surface area contributed by atoms with Crippen LogP contribution in [-0.4, -0.2) is 15.2 Å². The van der Waals surface area contributed by atoms with Crippen LogP contribution in [0, 0.1) is 6.92 Å². The minimum atomic E-state index is 0.718. The molecule has 4 nitrogen and oxygen atoms in total. The van der Waals surface area contributed by atoms with E-state index in [1.807, 2.05) is 18.3 Å². The third-order valence-corrected chi connectivity index (χ3v) is 5.45. The third kappa shape index (κ3) is 4.14. The quantitative estimate of drug-likeness (QED) is 0.376. The van der Waals surface area contributed by atoms with Crippen LogP contribution in [0.5, 0.6) is 0 Å². The van der Waals surface area contributed by atoms with Gasteiger partial charge in [-0.1, -0.05) is 66.2 Å². The minimum absolute atomic E-state index is 0.718. The van der Waals surface area contributed by atoms with E-state index in [2.05, 4.69) is 94.2 Å². The molecule has 5 aromatic rings. The van der Waals surface area contributed by atoms with E-state index in [4.69, 9.17) is 0 Å². The maximum atomic E-state index is 4.57. The highest BCUT2D eigenvalue weighted by Crippen LogP contribution is 2.27. The number of hydrogen-bond donors (Lipinski definition) is 1. The molecule has 0 aliphatic rings. The van der Waals surface area contributed by atoms with E-state index in [0.717, 1.165) is 34.3 Å². The Balaban J connectivity index is 1.35. The Morgan fingerprint density at radius 1 is 0.710 bits per heavy atom. The van der Waals surface area contributed by atoms with E-state index >= 15 is 0 Å². The molecule has 31 heavy (non-hydrogen) atoms. The highest BCUT2D eigenvalue weighted by molar-refractivity contribution is 5.94. The van der Waals surface area contributed by atoms with Crippen LogP contribution in [0.1, 0.15) is 11.1 Å². The van der Waals surface area contributed by atoms with E-state index in [-0.39, 0.29) is 0 Å². The maximum Gasteiger partial charge on any atom is 0.134 e. The smallest absolute Gasteiger partial charge is 0.134 e. The maximum absolute atomic E-state index is 4.57. The molecule has 0 saturated heterocycles. The van der Waals surface area contributed by atoms with E-state index in [0.29, 0.717) is 0 Å². The number of benzene rings is 3. The summed E-state index contributed by atoms with van der Waals surface area (Å²) in [5.41, 5.74) is 7.14. The summed E-state index contributed by atoms with van der Waals surface area (Å²) in [6.07, 6.45) is 5.34. The van der Waals surface area contributed by atoms with Crippen molar-refractivity contribution in [3.63, 3.8) is 0 Å². The standard InChI is InChI=1S/C27H22N4/c1-19-3-2-4-22(15-19)21-7-5-20(6-8-21)17-29-27-26-10-9-23(16-24(26)11-13-28-27)25-12-14-30-31-18-25/h2-16,18H,17H2,1H3,(H,28,29). The first kappa shape index (κ1) is 18.9. The first-order valence-corrected chi connectivity index (χ1v) is 10.3. The van der Waals surface area contributed by atoms with Crippen molar-refractivity contribution < 1.29 is 0 Å². The molecule has 150 valence electrons. The molecular weight excluding hydrogens is 380 g/mol. The molecule has 4 heteroatoms. The number of nitrogens with one attached hydrogen (secondary N) is 1. The van der Waals surface area contributed by atoms with Crippen LogP contribution in [0.25, 0.3) is 33.0 Å². The van der Waals surface area contributed by atoms with Crippen molar-refractivity contribution in [3.8, 4) is 22.3 Å². The SMILES string of the molecule is Cc1cccc(-c2ccc(CNc3nccc4cc(-c5ccnnc5)ccc34)cc2)c1. The van der Waals surface area contributed by atoms with Crippen molar-refractivity contribution in [1.82, 2.24) is 15.2 Å². The average molecular weight is 403 g/mol. The normalized spacial score (nSPS) is 10.9. The zero-order valence-electron chi connectivity index (χ0n) is 17.3. The van der Waals surface area contributed by atoms with Crippen molar-refractivity contribution >= 4 is 16.6 Å². The van der Waals surface area contributed by atoms with Gasteiger partial charge in [0.25, 0.3) is 0 Å². The second-order valence-corrected chi connectivity index (χ2v) is 7.65. The Morgan fingerprint density at radius 2 is 1.55 bits per heavy atom. The Kier molecular flexibility index (Phi) is 5.11. The summed E-state index contributed by atoms with van der Waals surface area (Å²) in [6, 6.07) is 27.7. The summed E-state index contributed by atoms with van der Waals surface area (Å²) in [5, 5.41) is 13.6. The molecule has 0 amide bonds. The largest absolute Gasteiger partial charge is 0.365 e. The lowest BCUT2D eigenvalue weighted by Gasteiger charge is -2.11. The lowest BCUT2D eigenvalue weighted by atomic mass is 10.0. The van der Waals surface area contributed by atoms with Gasteiger partial charge in [0.2, 0.25) is 0 Å². The summed E-state index contributed by atoms with van der Waals surface area (Å²) < 4.78 is 0. The molecule has 2 heterocycles. The van der Waals surface area contributed by atoms with E-state index in [1.165, 1.54) is 22.3 Å². The molecule has 0 aliphatic heterocycles. The van der Waals surface area contributed by atoms with Crippen LogP contribution in [0.15, 0.2) is 97.5 Å². The average Bonchev–Trinajstić information content (AvgIpc) is 2.83. The van der Waals surface area contributed by atoms with E-state index in [1.54, 1.807) is 12.4 Å². The molecule has 0 saturated carbocycles. The summed E-state index contributed by atoms with van der Waals surface area (Å²) in [7, 11) is 0. The number of aromatic nitrogens is 3. The molecule has 0 radical (unpaired) electrons. The fraction of sp³-hybridized carbons (Fsp3) is 0.0741. The van der Waals surface area contributed by atoms with E-state index in [9.17, 15) is 0 Å². The second kappa shape index (κ2) is 8.36. The van der Waals surface area contributed by atoms with Crippen LogP contribution < -0.4 is 5.32 Å². The van der Waals surface area contributed by atoms with Crippen molar-refractivity contribution in [2.24, 2.45) is 0 Å². The molecule has 5 rings (SSSR count). The van der Waals surface area contributed by atoms with Crippen molar-refractivity contribution in [2.45, 2.75) is 13.5 Å². The number of fused-ring (bicyclic) bond motifs is 1. The molecule has 0 unspecified atom stereocenters. The number of nitrogens with zero attached hydrogens (tertiary/aromatic N) is 3. The molecule has 0 bridgehead atoms. The van der Waals surface area contributed by atoms with Crippen LogP contribution in [0.2, 0.25) is 0 Å². The van der Waals surface area contributed by atoms with Gasteiger partial charge in [0, 0.05) is 23.7 Å². The van der Waals surface area contributed by atoms with Gasteiger partial charge in [-0.2, -0.15) is 10.2 Å². The molecule has 0 atom stereocenters. The number of hydrogen-bond acceptors (Lipinski definition) is 4. The molecule has 0 aliphatic carbocycles. The summed E-state index contributed by atoms with van der Waals surface area (Å²) in [4.78, 5) is 4.57. The lowest BCUT2D eigenvalue weighted by molar-refractivity contribution is 1.03. The Labute approximate surface area is 181 Å². The van der Waals surface area contributed by atoms with Gasteiger partial charge >= 0.3 is 0 Å². The van der Waals surface area contributed by atoms with Crippen LogP contribution in [0.4, 0.5) is 5.82 Å². The predicted molar refractivity (Wildman–Crippen MR) is 127 cm³/mol. The van der Waals surface area contributed by atoms with Crippen molar-refractivity contribution in [2.75, 3.05) is 5.32 Å². The summed E-state index contributed by atoms with van der Waals surface area (Å²) in [6.45, 7) is 2.84. The van der Waals surface area contributed by atoms with Crippen LogP contribution in [-0.2, 0) is 6.54 Å². The minimum Gasteiger partial charge on any atom is -0.365 e. The van der Waals surface area contributed by atoms with Gasteiger partial charge in [-0.05, 0) is 52.8 Å². The van der Waals surface area contributed by atoms with Crippen LogP contribution >= 0.6 is 0 Å². The number of anilines is 1. The zero-order chi connectivity index (χ0) is 21.0. The second-order valence-electron chi connectivity index (χ2n) is 7.65. The molecule has 3 aromatic carbocycles. The summed E-state index contributed by atoms with van der Waals surface area (Å²) >= 11 is 0. The predicted octanol–water partition coefficient (Wildman–Crippen LogP) is 6.28. The zero-order valence-corrected chi connectivity index (χ0v) is 17.3. The first-order valence-electron chi connectivity index (χ1n) is 10.3. The number of rotatable bonds is 5. The Hall–Kier alpha value is -4.05. The van der Waals surface area contributed by atoms with Gasteiger partial charge in [-0.15, -0.1) is 0 Å². The molecule has 2 aromatic heterocycles.